The molecule has 1 N–H and O–H groups in total. The molecule has 0 aliphatic heterocycles. The van der Waals surface area contributed by atoms with Crippen molar-refractivity contribution in [1.82, 2.24) is 14.6 Å². The zero-order valence-electron chi connectivity index (χ0n) is 14.1. The number of Topliss-reactive ketones (excluding diaryl/α,β-unsaturated/α-hetero) is 1. The van der Waals surface area contributed by atoms with Crippen LogP contribution >= 0.6 is 11.3 Å². The van der Waals surface area contributed by atoms with Crippen molar-refractivity contribution in [2.45, 2.75) is 25.3 Å². The molecule has 0 fully saturated rings. The maximum atomic E-state index is 12.5. The number of aryl methyl sites for hydroxylation is 1. The lowest BCUT2D eigenvalue weighted by Crippen LogP contribution is -2.38. The highest BCUT2D eigenvalue weighted by Crippen LogP contribution is 2.15. The molecule has 0 saturated heterocycles. The summed E-state index contributed by atoms with van der Waals surface area (Å²) in [5.74, 6) is -0.562. The Balaban J connectivity index is 1.98. The SMILES string of the molecule is CC(=O)c1ccc(S(=O)(=O)N(C)CC(=O)NCc2nc(C)cs2)cc1. The van der Waals surface area contributed by atoms with Crippen LogP contribution in [0.3, 0.4) is 0 Å². The van der Waals surface area contributed by atoms with E-state index in [4.69, 9.17) is 0 Å². The predicted molar refractivity (Wildman–Crippen MR) is 95.0 cm³/mol. The maximum Gasteiger partial charge on any atom is 0.243 e. The molecule has 1 heterocycles. The van der Waals surface area contributed by atoms with Gasteiger partial charge in [-0.25, -0.2) is 13.4 Å². The molecule has 25 heavy (non-hydrogen) atoms. The number of hydrogen-bond donors (Lipinski definition) is 1. The number of rotatable bonds is 7. The number of benzene rings is 1. The van der Waals surface area contributed by atoms with Gasteiger partial charge in [-0.2, -0.15) is 4.31 Å². The Labute approximate surface area is 150 Å². The summed E-state index contributed by atoms with van der Waals surface area (Å²) in [4.78, 5) is 27.5. The maximum absolute atomic E-state index is 12.5. The van der Waals surface area contributed by atoms with Crippen LogP contribution in [0.4, 0.5) is 0 Å². The fourth-order valence-corrected chi connectivity index (χ4v) is 3.88. The third-order valence-electron chi connectivity index (χ3n) is 3.44. The molecular formula is C16H19N3O4S2. The number of thiazole rings is 1. The van der Waals surface area contributed by atoms with E-state index >= 15 is 0 Å². The number of sulfonamides is 1. The van der Waals surface area contributed by atoms with Gasteiger partial charge in [0.2, 0.25) is 15.9 Å². The standard InChI is InChI=1S/C16H19N3O4S2/c1-11-10-24-16(18-11)8-17-15(21)9-19(3)25(22,23)14-6-4-13(5-7-14)12(2)20/h4-7,10H,8-9H2,1-3H3,(H,17,21). The molecule has 0 aliphatic carbocycles. The second-order valence-corrected chi connectivity index (χ2v) is 8.49. The Bertz CT molecular complexity index is 873. The molecule has 0 spiro atoms. The van der Waals surface area contributed by atoms with Gasteiger partial charge < -0.3 is 5.32 Å². The van der Waals surface area contributed by atoms with Crippen LogP contribution in [0.2, 0.25) is 0 Å². The smallest absolute Gasteiger partial charge is 0.243 e. The number of nitrogens with one attached hydrogen (secondary N) is 1. The van der Waals surface area contributed by atoms with Gasteiger partial charge in [0.1, 0.15) is 5.01 Å². The highest BCUT2D eigenvalue weighted by molar-refractivity contribution is 7.89. The van der Waals surface area contributed by atoms with E-state index in [1.165, 1.54) is 49.6 Å². The van der Waals surface area contributed by atoms with Gasteiger partial charge in [0.15, 0.2) is 5.78 Å². The minimum atomic E-state index is -3.81. The lowest BCUT2D eigenvalue weighted by atomic mass is 10.2. The first-order valence-corrected chi connectivity index (χ1v) is 9.77. The largest absolute Gasteiger partial charge is 0.348 e. The fraction of sp³-hybridized carbons (Fsp3) is 0.312. The van der Waals surface area contributed by atoms with Crippen LogP contribution in [0.1, 0.15) is 28.0 Å². The number of carbonyl (C=O) groups is 2. The highest BCUT2D eigenvalue weighted by Gasteiger charge is 2.23. The van der Waals surface area contributed by atoms with Gasteiger partial charge in [0, 0.05) is 23.7 Å². The Morgan fingerprint density at radius 3 is 2.40 bits per heavy atom. The van der Waals surface area contributed by atoms with Crippen LogP contribution in [0, 0.1) is 6.92 Å². The molecule has 0 saturated carbocycles. The number of likely N-dealkylation sites (N-methyl/N-ethyl adjacent to an activating group) is 1. The average molecular weight is 381 g/mol. The summed E-state index contributed by atoms with van der Waals surface area (Å²) in [6.07, 6.45) is 0. The van der Waals surface area contributed by atoms with Crippen molar-refractivity contribution in [2.24, 2.45) is 0 Å². The lowest BCUT2D eigenvalue weighted by Gasteiger charge is -2.16. The second kappa shape index (κ2) is 7.85. The summed E-state index contributed by atoms with van der Waals surface area (Å²) in [6, 6.07) is 5.62. The van der Waals surface area contributed by atoms with Crippen molar-refractivity contribution in [1.29, 1.82) is 0 Å². The Kier molecular flexibility index (Phi) is 6.04. The van der Waals surface area contributed by atoms with Gasteiger partial charge in [-0.05, 0) is 26.0 Å². The van der Waals surface area contributed by atoms with E-state index in [-0.39, 0.29) is 23.8 Å². The van der Waals surface area contributed by atoms with E-state index in [0.29, 0.717) is 5.56 Å². The molecule has 0 radical (unpaired) electrons. The van der Waals surface area contributed by atoms with Crippen molar-refractivity contribution < 1.29 is 18.0 Å². The third-order valence-corrected chi connectivity index (χ3v) is 6.22. The normalized spacial score (nSPS) is 11.5. The van der Waals surface area contributed by atoms with Crippen LogP contribution in [-0.4, -0.2) is 43.0 Å². The van der Waals surface area contributed by atoms with Gasteiger partial charge in [-0.1, -0.05) is 12.1 Å². The zero-order chi connectivity index (χ0) is 18.6. The zero-order valence-corrected chi connectivity index (χ0v) is 15.8. The summed E-state index contributed by atoms with van der Waals surface area (Å²) >= 11 is 1.43. The van der Waals surface area contributed by atoms with Crippen molar-refractivity contribution in [3.05, 3.63) is 45.9 Å². The van der Waals surface area contributed by atoms with E-state index in [0.717, 1.165) is 15.0 Å². The molecule has 2 rings (SSSR count). The summed E-state index contributed by atoms with van der Waals surface area (Å²) in [5, 5.41) is 5.29. The lowest BCUT2D eigenvalue weighted by molar-refractivity contribution is -0.121. The number of hydrogen-bond acceptors (Lipinski definition) is 6. The molecular weight excluding hydrogens is 362 g/mol. The Hall–Kier alpha value is -2.10. The molecule has 7 nitrogen and oxygen atoms in total. The molecule has 1 aromatic carbocycles. The summed E-state index contributed by atoms with van der Waals surface area (Å²) in [6.45, 7) is 3.23. The number of aromatic nitrogens is 1. The van der Waals surface area contributed by atoms with Gasteiger partial charge >= 0.3 is 0 Å². The number of amides is 1. The van der Waals surface area contributed by atoms with Crippen molar-refractivity contribution >= 4 is 33.1 Å². The van der Waals surface area contributed by atoms with E-state index in [9.17, 15) is 18.0 Å². The molecule has 0 aliphatic rings. The van der Waals surface area contributed by atoms with E-state index in [1.54, 1.807) is 0 Å². The molecule has 2 aromatic rings. The first kappa shape index (κ1) is 19.2. The van der Waals surface area contributed by atoms with Crippen LogP contribution in [-0.2, 0) is 21.4 Å². The average Bonchev–Trinajstić information content (AvgIpc) is 2.98. The van der Waals surface area contributed by atoms with Crippen LogP contribution < -0.4 is 5.32 Å². The van der Waals surface area contributed by atoms with Gasteiger partial charge in [0.05, 0.1) is 18.0 Å². The van der Waals surface area contributed by atoms with Crippen LogP contribution in [0.25, 0.3) is 0 Å². The fourth-order valence-electron chi connectivity index (χ4n) is 2.04. The van der Waals surface area contributed by atoms with Gasteiger partial charge in [0.25, 0.3) is 0 Å². The van der Waals surface area contributed by atoms with Crippen LogP contribution in [0.5, 0.6) is 0 Å². The minimum absolute atomic E-state index is 0.0309. The summed E-state index contributed by atoms with van der Waals surface area (Å²) < 4.78 is 25.9. The van der Waals surface area contributed by atoms with Gasteiger partial charge in [-0.3, -0.25) is 9.59 Å². The second-order valence-electron chi connectivity index (χ2n) is 5.50. The Morgan fingerprint density at radius 1 is 1.24 bits per heavy atom. The first-order chi connectivity index (χ1) is 11.7. The van der Waals surface area contributed by atoms with E-state index in [1.807, 2.05) is 12.3 Å². The number of carbonyl (C=O) groups excluding carboxylic acids is 2. The van der Waals surface area contributed by atoms with Gasteiger partial charge in [-0.15, -0.1) is 11.3 Å². The Morgan fingerprint density at radius 2 is 1.88 bits per heavy atom. The topological polar surface area (TPSA) is 96.4 Å². The molecule has 9 heteroatoms. The van der Waals surface area contributed by atoms with E-state index in [2.05, 4.69) is 10.3 Å². The molecule has 1 amide bonds. The van der Waals surface area contributed by atoms with Crippen molar-refractivity contribution in [3.8, 4) is 0 Å². The highest BCUT2D eigenvalue weighted by atomic mass is 32.2. The first-order valence-electron chi connectivity index (χ1n) is 7.45. The van der Waals surface area contributed by atoms with Crippen molar-refractivity contribution in [2.75, 3.05) is 13.6 Å². The monoisotopic (exact) mass is 381 g/mol. The molecule has 0 unspecified atom stereocenters. The quantitative estimate of drug-likeness (QED) is 0.735. The van der Waals surface area contributed by atoms with Crippen LogP contribution in [0.15, 0.2) is 34.5 Å². The summed E-state index contributed by atoms with van der Waals surface area (Å²) in [7, 11) is -2.47. The number of nitrogens with zero attached hydrogens (tertiary/aromatic N) is 2. The minimum Gasteiger partial charge on any atom is -0.348 e. The molecule has 134 valence electrons. The predicted octanol–water partition coefficient (Wildman–Crippen LogP) is 1.59. The summed E-state index contributed by atoms with van der Waals surface area (Å²) in [5.41, 5.74) is 1.31. The van der Waals surface area contributed by atoms with E-state index < -0.39 is 15.9 Å². The molecule has 0 bridgehead atoms. The molecule has 0 atom stereocenters. The third kappa shape index (κ3) is 4.94. The number of ketones is 1. The van der Waals surface area contributed by atoms with Crippen molar-refractivity contribution in [3.63, 3.8) is 0 Å². The molecule has 1 aromatic heterocycles.